The van der Waals surface area contributed by atoms with Crippen LogP contribution in [0.3, 0.4) is 0 Å². The van der Waals surface area contributed by atoms with Crippen LogP contribution in [0.25, 0.3) is 6.08 Å². The summed E-state index contributed by atoms with van der Waals surface area (Å²) in [5.74, 6) is 1.22. The Morgan fingerprint density at radius 1 is 1.04 bits per heavy atom. The number of methoxy groups -OCH3 is 3. The molecule has 0 atom stereocenters. The lowest BCUT2D eigenvalue weighted by Gasteiger charge is -2.14. The molecule has 1 aromatic heterocycles. The molecule has 7 nitrogen and oxygen atoms in total. The van der Waals surface area contributed by atoms with Gasteiger partial charge in [0.15, 0.2) is 27.6 Å². The van der Waals surface area contributed by atoms with Gasteiger partial charge in [-0.05, 0) is 46.3 Å². The van der Waals surface area contributed by atoms with Crippen molar-refractivity contribution >= 4 is 33.9 Å². The lowest BCUT2D eigenvalue weighted by molar-refractivity contribution is -0.130. The minimum absolute atomic E-state index is 0.0985. The highest BCUT2D eigenvalue weighted by Gasteiger charge is 2.27. The number of ether oxygens (including phenoxy) is 4. The predicted molar refractivity (Wildman–Crippen MR) is 93.1 cm³/mol. The number of nitrogens with zero attached hydrogens (tertiary/aromatic N) is 1. The highest BCUT2D eigenvalue weighted by molar-refractivity contribution is 9.10. The maximum Gasteiger partial charge on any atom is 0.363 e. The second-order valence-corrected chi connectivity index (χ2v) is 5.64. The molecule has 0 saturated heterocycles. The number of cyclic esters (lactones) is 1. The van der Waals surface area contributed by atoms with E-state index in [2.05, 4.69) is 20.9 Å². The fourth-order valence-electron chi connectivity index (χ4n) is 2.33. The first-order valence-corrected chi connectivity index (χ1v) is 7.94. The van der Waals surface area contributed by atoms with Crippen molar-refractivity contribution in [2.45, 2.75) is 0 Å². The smallest absolute Gasteiger partial charge is 0.363 e. The summed E-state index contributed by atoms with van der Waals surface area (Å²) in [5.41, 5.74) is 0.714. The van der Waals surface area contributed by atoms with Gasteiger partial charge < -0.3 is 23.4 Å². The Labute approximate surface area is 152 Å². The second-order valence-electron chi connectivity index (χ2n) is 4.86. The third kappa shape index (κ3) is 3.25. The maximum absolute atomic E-state index is 12.1. The van der Waals surface area contributed by atoms with Crippen LogP contribution in [0.1, 0.15) is 11.3 Å². The number of halogens is 1. The average molecular weight is 408 g/mol. The number of rotatable bonds is 5. The van der Waals surface area contributed by atoms with Gasteiger partial charge in [0.1, 0.15) is 0 Å². The number of hydrogen-bond acceptors (Lipinski definition) is 7. The monoisotopic (exact) mass is 407 g/mol. The number of furan rings is 1. The first kappa shape index (κ1) is 17.1. The zero-order chi connectivity index (χ0) is 18.0. The molecule has 25 heavy (non-hydrogen) atoms. The molecule has 8 heteroatoms. The third-order valence-electron chi connectivity index (χ3n) is 3.43. The number of hydrogen-bond donors (Lipinski definition) is 0. The van der Waals surface area contributed by atoms with Crippen LogP contribution in [0.4, 0.5) is 0 Å². The molecule has 2 heterocycles. The molecule has 0 saturated carbocycles. The summed E-state index contributed by atoms with van der Waals surface area (Å²) in [7, 11) is 4.54. The Bertz CT molecular complexity index is 883. The molecule has 0 amide bonds. The van der Waals surface area contributed by atoms with Gasteiger partial charge >= 0.3 is 5.97 Å². The van der Waals surface area contributed by atoms with Crippen molar-refractivity contribution < 1.29 is 28.2 Å². The van der Waals surface area contributed by atoms with Crippen molar-refractivity contribution in [2.24, 2.45) is 4.99 Å². The van der Waals surface area contributed by atoms with Crippen LogP contribution in [-0.4, -0.2) is 33.2 Å². The molecular weight excluding hydrogens is 394 g/mol. The Balaban J connectivity index is 2.03. The first-order valence-electron chi connectivity index (χ1n) is 7.14. The van der Waals surface area contributed by atoms with Gasteiger partial charge in [-0.25, -0.2) is 9.79 Å². The Morgan fingerprint density at radius 2 is 1.80 bits per heavy atom. The number of carbonyl (C=O) groups is 1. The fourth-order valence-corrected chi connectivity index (χ4v) is 2.64. The molecule has 0 spiro atoms. The lowest BCUT2D eigenvalue weighted by Crippen LogP contribution is -2.04. The second kappa shape index (κ2) is 7.02. The molecule has 1 aromatic carbocycles. The van der Waals surface area contributed by atoms with Crippen molar-refractivity contribution in [3.05, 3.63) is 46.0 Å². The van der Waals surface area contributed by atoms with Gasteiger partial charge in [0.05, 0.1) is 21.3 Å². The SMILES string of the molecule is COc1ccc(/C=C2\N=C(c3ccc(Br)o3)OC2=O)c(OC)c1OC. The zero-order valence-electron chi connectivity index (χ0n) is 13.7. The Kier molecular flexibility index (Phi) is 4.80. The van der Waals surface area contributed by atoms with Gasteiger partial charge in [-0.1, -0.05) is 0 Å². The van der Waals surface area contributed by atoms with E-state index < -0.39 is 5.97 Å². The number of esters is 1. The van der Waals surface area contributed by atoms with Crippen LogP contribution in [0.5, 0.6) is 17.2 Å². The van der Waals surface area contributed by atoms with E-state index in [1.807, 2.05) is 0 Å². The van der Waals surface area contributed by atoms with E-state index >= 15 is 0 Å². The van der Waals surface area contributed by atoms with Crippen LogP contribution >= 0.6 is 15.9 Å². The van der Waals surface area contributed by atoms with Crippen molar-refractivity contribution in [1.82, 2.24) is 0 Å². The molecular formula is C17H14BrNO6. The van der Waals surface area contributed by atoms with Crippen LogP contribution in [0.2, 0.25) is 0 Å². The van der Waals surface area contributed by atoms with E-state index in [-0.39, 0.29) is 11.6 Å². The highest BCUT2D eigenvalue weighted by atomic mass is 79.9. The maximum atomic E-state index is 12.1. The topological polar surface area (TPSA) is 79.5 Å². The molecule has 1 aliphatic heterocycles. The van der Waals surface area contributed by atoms with E-state index in [0.29, 0.717) is 33.2 Å². The molecule has 3 rings (SSSR count). The average Bonchev–Trinajstić information content (AvgIpc) is 3.20. The minimum Gasteiger partial charge on any atom is -0.493 e. The van der Waals surface area contributed by atoms with Crippen molar-refractivity contribution in [1.29, 1.82) is 0 Å². The van der Waals surface area contributed by atoms with Gasteiger partial charge in [-0.15, -0.1) is 0 Å². The molecule has 0 unspecified atom stereocenters. The van der Waals surface area contributed by atoms with Crippen molar-refractivity contribution in [2.75, 3.05) is 21.3 Å². The minimum atomic E-state index is -0.584. The van der Waals surface area contributed by atoms with Crippen LogP contribution < -0.4 is 14.2 Å². The quantitative estimate of drug-likeness (QED) is 0.557. The van der Waals surface area contributed by atoms with Gasteiger partial charge in [-0.2, -0.15) is 0 Å². The molecule has 1 aliphatic rings. The number of aliphatic imine (C=N–C) groups is 1. The summed E-state index contributed by atoms with van der Waals surface area (Å²) in [6.07, 6.45) is 1.55. The Hall–Kier alpha value is -2.74. The van der Waals surface area contributed by atoms with Crippen molar-refractivity contribution in [3.63, 3.8) is 0 Å². The summed E-state index contributed by atoms with van der Waals surface area (Å²) in [6, 6.07) is 6.78. The third-order valence-corrected chi connectivity index (χ3v) is 3.86. The summed E-state index contributed by atoms with van der Waals surface area (Å²) in [4.78, 5) is 16.3. The van der Waals surface area contributed by atoms with E-state index in [9.17, 15) is 4.79 Å². The predicted octanol–water partition coefficient (Wildman–Crippen LogP) is 3.41. The van der Waals surface area contributed by atoms with Crippen LogP contribution in [-0.2, 0) is 9.53 Å². The Morgan fingerprint density at radius 3 is 2.40 bits per heavy atom. The summed E-state index contributed by atoms with van der Waals surface area (Å²) in [6.45, 7) is 0. The van der Waals surface area contributed by atoms with E-state index in [4.69, 9.17) is 23.4 Å². The van der Waals surface area contributed by atoms with Gasteiger partial charge in [0, 0.05) is 5.56 Å². The summed E-state index contributed by atoms with van der Waals surface area (Å²) >= 11 is 3.19. The van der Waals surface area contributed by atoms with Crippen LogP contribution in [0.15, 0.2) is 44.0 Å². The van der Waals surface area contributed by atoms with Gasteiger partial charge in [-0.3, -0.25) is 0 Å². The van der Waals surface area contributed by atoms with Gasteiger partial charge in [0.25, 0.3) is 5.90 Å². The highest BCUT2D eigenvalue weighted by Crippen LogP contribution is 2.40. The van der Waals surface area contributed by atoms with Crippen LogP contribution in [0, 0.1) is 0 Å². The van der Waals surface area contributed by atoms with Crippen molar-refractivity contribution in [3.8, 4) is 17.2 Å². The molecule has 0 radical (unpaired) electrons. The molecule has 0 fully saturated rings. The molecule has 130 valence electrons. The first-order chi connectivity index (χ1) is 12.1. The molecule has 0 bridgehead atoms. The number of carbonyl (C=O) groups excluding carboxylic acids is 1. The lowest BCUT2D eigenvalue weighted by atomic mass is 10.1. The van der Waals surface area contributed by atoms with Gasteiger partial charge in [0.2, 0.25) is 5.75 Å². The van der Waals surface area contributed by atoms with E-state index in [1.165, 1.54) is 21.3 Å². The normalized spacial score (nSPS) is 15.1. The molecule has 2 aromatic rings. The molecule has 0 N–H and O–H groups in total. The largest absolute Gasteiger partial charge is 0.493 e. The summed E-state index contributed by atoms with van der Waals surface area (Å²) < 4.78 is 27.0. The molecule has 0 aliphatic carbocycles. The van der Waals surface area contributed by atoms with E-state index in [0.717, 1.165) is 0 Å². The van der Waals surface area contributed by atoms with E-state index in [1.54, 1.807) is 30.3 Å². The summed E-state index contributed by atoms with van der Waals surface area (Å²) in [5, 5.41) is 0. The standard InChI is InChI=1S/C17H14BrNO6/c1-21-11-5-4-9(14(22-2)15(11)23-3)8-10-17(20)25-16(19-10)12-6-7-13(18)24-12/h4-8H,1-3H3/b10-8-. The fraction of sp³-hybridized carbons (Fsp3) is 0.176. The zero-order valence-corrected chi connectivity index (χ0v) is 15.2. The number of benzene rings is 1.